The van der Waals surface area contributed by atoms with E-state index in [9.17, 15) is 9.18 Å². The molecule has 1 aliphatic rings. The summed E-state index contributed by atoms with van der Waals surface area (Å²) in [7, 11) is 1.38. The van der Waals surface area contributed by atoms with Gasteiger partial charge in [0.15, 0.2) is 0 Å². The lowest BCUT2D eigenvalue weighted by molar-refractivity contribution is -0.140. The number of rotatable bonds is 6. The molecule has 5 heteroatoms. The van der Waals surface area contributed by atoms with Crippen molar-refractivity contribution in [3.8, 4) is 0 Å². The fourth-order valence-corrected chi connectivity index (χ4v) is 2.64. The van der Waals surface area contributed by atoms with Crippen LogP contribution in [0.15, 0.2) is 18.2 Å². The molecule has 3 nitrogen and oxygen atoms in total. The molecule has 1 aromatic carbocycles. The van der Waals surface area contributed by atoms with Crippen molar-refractivity contribution in [3.63, 3.8) is 0 Å². The van der Waals surface area contributed by atoms with Crippen molar-refractivity contribution >= 4 is 17.6 Å². The number of methoxy groups -OCH3 is 1. The van der Waals surface area contributed by atoms with E-state index in [1.807, 2.05) is 6.92 Å². The number of carbonyl (C=O) groups excluding carboxylic acids is 1. The van der Waals surface area contributed by atoms with Crippen molar-refractivity contribution in [3.05, 3.63) is 34.6 Å². The lowest BCUT2D eigenvalue weighted by Crippen LogP contribution is -2.37. The van der Waals surface area contributed by atoms with Crippen LogP contribution in [0.25, 0.3) is 0 Å². The highest BCUT2D eigenvalue weighted by Gasteiger charge is 2.46. The number of nitrogens with one attached hydrogen (secondary N) is 1. The van der Waals surface area contributed by atoms with Gasteiger partial charge in [-0.2, -0.15) is 0 Å². The first-order valence-electron chi connectivity index (χ1n) is 6.77. The Morgan fingerprint density at radius 1 is 1.55 bits per heavy atom. The van der Waals surface area contributed by atoms with E-state index in [0.717, 1.165) is 12.8 Å². The predicted octanol–water partition coefficient (Wildman–Crippen LogP) is 3.40. The molecule has 1 fully saturated rings. The maximum atomic E-state index is 14.1. The smallest absolute Gasteiger partial charge is 0.305 e. The molecule has 1 unspecified atom stereocenters. The van der Waals surface area contributed by atoms with Gasteiger partial charge >= 0.3 is 5.97 Å². The second-order valence-corrected chi connectivity index (χ2v) is 5.75. The first-order chi connectivity index (χ1) is 9.48. The SMILES string of the molecule is COC(=O)CCC(C)NC1(c2cccc(Cl)c2F)CC1. The minimum atomic E-state index is -0.348. The second-order valence-electron chi connectivity index (χ2n) is 5.34. The molecular weight excluding hydrogens is 281 g/mol. The summed E-state index contributed by atoms with van der Waals surface area (Å²) in [5, 5.41) is 3.58. The number of hydrogen-bond acceptors (Lipinski definition) is 3. The molecule has 0 aliphatic heterocycles. The Hall–Kier alpha value is -1.13. The van der Waals surface area contributed by atoms with Gasteiger partial charge in [-0.15, -0.1) is 0 Å². The number of carbonyl (C=O) groups is 1. The molecule has 110 valence electrons. The van der Waals surface area contributed by atoms with Crippen molar-refractivity contribution in [2.24, 2.45) is 0 Å². The Balaban J connectivity index is 2.01. The van der Waals surface area contributed by atoms with Crippen LogP contribution in [0, 0.1) is 5.82 Å². The van der Waals surface area contributed by atoms with E-state index in [-0.39, 0.29) is 28.4 Å². The molecule has 1 aromatic rings. The molecule has 0 amide bonds. The predicted molar refractivity (Wildman–Crippen MR) is 76.2 cm³/mol. The molecule has 0 spiro atoms. The number of hydrogen-bond donors (Lipinski definition) is 1. The number of ether oxygens (including phenoxy) is 1. The minimum absolute atomic E-state index is 0.106. The van der Waals surface area contributed by atoms with Gasteiger partial charge in [-0.3, -0.25) is 4.79 Å². The van der Waals surface area contributed by atoms with Gasteiger partial charge in [0.1, 0.15) is 5.82 Å². The van der Waals surface area contributed by atoms with Crippen molar-refractivity contribution in [2.45, 2.75) is 44.2 Å². The fourth-order valence-electron chi connectivity index (χ4n) is 2.47. The molecule has 2 rings (SSSR count). The zero-order chi connectivity index (χ0) is 14.8. The summed E-state index contributed by atoms with van der Waals surface area (Å²) in [5.74, 6) is -0.572. The van der Waals surface area contributed by atoms with Gasteiger partial charge in [0.25, 0.3) is 0 Å². The van der Waals surface area contributed by atoms with E-state index in [0.29, 0.717) is 18.4 Å². The Morgan fingerprint density at radius 2 is 2.25 bits per heavy atom. The summed E-state index contributed by atoms with van der Waals surface area (Å²) in [4.78, 5) is 11.1. The average Bonchev–Trinajstić information content (AvgIpc) is 3.19. The van der Waals surface area contributed by atoms with Crippen LogP contribution in [-0.2, 0) is 15.1 Å². The van der Waals surface area contributed by atoms with Crippen LogP contribution in [0.4, 0.5) is 4.39 Å². The fraction of sp³-hybridized carbons (Fsp3) is 0.533. The van der Waals surface area contributed by atoms with E-state index in [4.69, 9.17) is 11.6 Å². The zero-order valence-corrected chi connectivity index (χ0v) is 12.5. The van der Waals surface area contributed by atoms with Crippen LogP contribution in [0.3, 0.4) is 0 Å². The third-order valence-electron chi connectivity index (χ3n) is 3.75. The standard InChI is InChI=1S/C15H19ClFNO2/c1-10(6-7-13(19)20-2)18-15(8-9-15)11-4-3-5-12(16)14(11)17/h3-5,10,18H,6-9H2,1-2H3. The molecule has 0 heterocycles. The topological polar surface area (TPSA) is 38.3 Å². The normalized spacial score (nSPS) is 17.6. The average molecular weight is 300 g/mol. The van der Waals surface area contributed by atoms with Gasteiger partial charge in [-0.05, 0) is 32.3 Å². The molecule has 20 heavy (non-hydrogen) atoms. The number of benzene rings is 1. The summed E-state index contributed by atoms with van der Waals surface area (Å²) in [6.45, 7) is 1.99. The minimum Gasteiger partial charge on any atom is -0.469 e. The highest BCUT2D eigenvalue weighted by atomic mass is 35.5. The van der Waals surface area contributed by atoms with Crippen molar-refractivity contribution in [1.29, 1.82) is 0 Å². The summed E-state index contributed by atoms with van der Waals surface area (Å²) >= 11 is 5.84. The van der Waals surface area contributed by atoms with Crippen LogP contribution in [-0.4, -0.2) is 19.1 Å². The van der Waals surface area contributed by atoms with Gasteiger partial charge in [0.05, 0.1) is 12.1 Å². The van der Waals surface area contributed by atoms with Crippen LogP contribution in [0.1, 0.15) is 38.2 Å². The summed E-state index contributed by atoms with van der Waals surface area (Å²) in [6.07, 6.45) is 2.79. The van der Waals surface area contributed by atoms with Gasteiger partial charge in [-0.1, -0.05) is 23.7 Å². The summed E-state index contributed by atoms with van der Waals surface area (Å²) < 4.78 is 18.7. The monoisotopic (exact) mass is 299 g/mol. The maximum Gasteiger partial charge on any atom is 0.305 e. The molecule has 0 bridgehead atoms. The Bertz CT molecular complexity index is 503. The molecule has 1 saturated carbocycles. The van der Waals surface area contributed by atoms with Gasteiger partial charge in [0.2, 0.25) is 0 Å². The van der Waals surface area contributed by atoms with Crippen LogP contribution in [0.5, 0.6) is 0 Å². The Morgan fingerprint density at radius 3 is 2.85 bits per heavy atom. The summed E-state index contributed by atoms with van der Waals surface area (Å²) in [5.41, 5.74) is 0.291. The Labute approximate surface area is 123 Å². The molecule has 1 aliphatic carbocycles. The van der Waals surface area contributed by atoms with E-state index < -0.39 is 0 Å². The molecular formula is C15H19ClFNO2. The van der Waals surface area contributed by atoms with Crippen molar-refractivity contribution in [2.75, 3.05) is 7.11 Å². The molecule has 0 aromatic heterocycles. The van der Waals surface area contributed by atoms with Gasteiger partial charge in [0, 0.05) is 23.6 Å². The number of esters is 1. The Kier molecular flexibility index (Phi) is 4.66. The van der Waals surface area contributed by atoms with Crippen molar-refractivity contribution < 1.29 is 13.9 Å². The highest BCUT2D eigenvalue weighted by molar-refractivity contribution is 6.30. The van der Waals surface area contributed by atoms with Crippen LogP contribution in [0.2, 0.25) is 5.02 Å². The summed E-state index contributed by atoms with van der Waals surface area (Å²) in [6, 6.07) is 5.20. The van der Waals surface area contributed by atoms with Gasteiger partial charge < -0.3 is 10.1 Å². The largest absolute Gasteiger partial charge is 0.469 e. The number of halogens is 2. The van der Waals surface area contributed by atoms with E-state index in [1.54, 1.807) is 18.2 Å². The third kappa shape index (κ3) is 3.30. The third-order valence-corrected chi connectivity index (χ3v) is 4.04. The van der Waals surface area contributed by atoms with E-state index in [1.165, 1.54) is 7.11 Å². The lowest BCUT2D eigenvalue weighted by Gasteiger charge is -2.24. The van der Waals surface area contributed by atoms with E-state index in [2.05, 4.69) is 10.1 Å². The first-order valence-corrected chi connectivity index (χ1v) is 7.15. The second kappa shape index (κ2) is 6.10. The molecule has 0 radical (unpaired) electrons. The van der Waals surface area contributed by atoms with Gasteiger partial charge in [-0.25, -0.2) is 4.39 Å². The van der Waals surface area contributed by atoms with Crippen molar-refractivity contribution in [1.82, 2.24) is 5.32 Å². The quantitative estimate of drug-likeness (QED) is 0.818. The zero-order valence-electron chi connectivity index (χ0n) is 11.7. The molecule has 1 N–H and O–H groups in total. The van der Waals surface area contributed by atoms with Crippen LogP contribution >= 0.6 is 11.6 Å². The van der Waals surface area contributed by atoms with Crippen LogP contribution < -0.4 is 5.32 Å². The molecule has 1 atom stereocenters. The first kappa shape index (κ1) is 15.3. The molecule has 0 saturated heterocycles. The maximum absolute atomic E-state index is 14.1. The lowest BCUT2D eigenvalue weighted by atomic mass is 10.0. The highest BCUT2D eigenvalue weighted by Crippen LogP contribution is 2.47. The van der Waals surface area contributed by atoms with E-state index >= 15 is 0 Å².